The Labute approximate surface area is 286 Å². The zero-order valence-electron chi connectivity index (χ0n) is 29.7. The maximum atomic E-state index is 5.21. The number of pyridine rings is 1. The Morgan fingerprint density at radius 2 is 1.91 bits per heavy atom. The van der Waals surface area contributed by atoms with E-state index in [1.165, 1.54) is 46.3 Å². The van der Waals surface area contributed by atoms with E-state index < -0.39 is 0 Å². The average Bonchev–Trinajstić information content (AvgIpc) is 3.65. The van der Waals surface area contributed by atoms with Crippen molar-refractivity contribution in [1.82, 2.24) is 35.2 Å². The quantitative estimate of drug-likeness (QED) is 0.135. The molecule has 5 rings (SSSR count). The van der Waals surface area contributed by atoms with Crippen molar-refractivity contribution in [1.29, 1.82) is 0 Å². The topological polar surface area (TPSA) is 61.2 Å². The van der Waals surface area contributed by atoms with Gasteiger partial charge in [-0.25, -0.2) is 10.4 Å². The summed E-state index contributed by atoms with van der Waals surface area (Å²) in [7, 11) is 4.14. The highest BCUT2D eigenvalue weighted by Gasteiger charge is 2.25. The number of nitrogens with zero attached hydrogens (tertiary/aromatic N) is 5. The summed E-state index contributed by atoms with van der Waals surface area (Å²) in [5, 5.41) is 10.5. The van der Waals surface area contributed by atoms with Gasteiger partial charge in [-0.3, -0.25) is 4.98 Å². The summed E-state index contributed by atoms with van der Waals surface area (Å²) in [6, 6.07) is 11.3. The average molecular weight is 654 g/mol. The molecule has 0 radical (unpaired) electrons. The summed E-state index contributed by atoms with van der Waals surface area (Å²) < 4.78 is 2.50. The fourth-order valence-corrected chi connectivity index (χ4v) is 7.65. The van der Waals surface area contributed by atoms with Crippen LogP contribution in [0, 0.1) is 5.92 Å². The summed E-state index contributed by atoms with van der Waals surface area (Å²) in [5.41, 5.74) is 14.2. The summed E-state index contributed by atoms with van der Waals surface area (Å²) >= 11 is 1.73. The van der Waals surface area contributed by atoms with Gasteiger partial charge in [0.15, 0.2) is 0 Å². The molecule has 0 aliphatic carbocycles. The first kappa shape index (κ1) is 34.9. The zero-order valence-corrected chi connectivity index (χ0v) is 30.5. The Kier molecular flexibility index (Phi) is 11.6. The SMILES string of the molecule is C=C(CN(C)C)NC(Cc1nc(-c2ccc3c(c2)c(CC(C)C)c(-c2cccnc2C(C)CC)n3CC)cs1)C(=C)N1CCCCN1. The summed E-state index contributed by atoms with van der Waals surface area (Å²) in [5.74, 6) is 0.919. The molecule has 4 aromatic rings. The molecule has 4 heterocycles. The normalized spacial score (nSPS) is 15.0. The number of hydrogen-bond acceptors (Lipinski definition) is 7. The summed E-state index contributed by atoms with van der Waals surface area (Å²) in [6.07, 6.45) is 7.13. The van der Waals surface area contributed by atoms with Crippen LogP contribution in [0.3, 0.4) is 0 Å². The minimum Gasteiger partial charge on any atom is -0.379 e. The van der Waals surface area contributed by atoms with Gasteiger partial charge in [0.2, 0.25) is 0 Å². The van der Waals surface area contributed by atoms with E-state index >= 15 is 0 Å². The van der Waals surface area contributed by atoms with E-state index in [1.54, 1.807) is 11.3 Å². The monoisotopic (exact) mass is 653 g/mol. The van der Waals surface area contributed by atoms with Crippen molar-refractivity contribution in [2.75, 3.05) is 33.7 Å². The maximum absolute atomic E-state index is 5.21. The van der Waals surface area contributed by atoms with Crippen molar-refractivity contribution in [3.63, 3.8) is 0 Å². The first-order valence-corrected chi connectivity index (χ1v) is 18.3. The third kappa shape index (κ3) is 7.99. The van der Waals surface area contributed by atoms with Crippen LogP contribution >= 0.6 is 11.3 Å². The van der Waals surface area contributed by atoms with E-state index in [4.69, 9.17) is 9.97 Å². The molecule has 252 valence electrons. The zero-order chi connectivity index (χ0) is 33.7. The number of aromatic nitrogens is 3. The number of fused-ring (bicyclic) bond motifs is 1. The van der Waals surface area contributed by atoms with E-state index in [9.17, 15) is 0 Å². The maximum Gasteiger partial charge on any atom is 0.0957 e. The standard InChI is InChI=1S/C39H55N7S/c1-10-27(5)38-31(15-14-18-40-38)39-33(21-26(3)4)32-22-30(16-17-36(32)45(39)11-2)35-25-47-37(43-35)23-34(42-28(6)24-44(8)9)29(7)46-20-13-12-19-41-46/h14-18,22,25-27,34,41-42H,6-7,10-13,19-21,23-24H2,1-5,8-9H3. The van der Waals surface area contributed by atoms with Crippen LogP contribution < -0.4 is 10.7 Å². The molecular weight excluding hydrogens is 599 g/mol. The van der Waals surface area contributed by atoms with Crippen LogP contribution in [0.4, 0.5) is 0 Å². The summed E-state index contributed by atoms with van der Waals surface area (Å²) in [6.45, 7) is 23.9. The van der Waals surface area contributed by atoms with Crippen molar-refractivity contribution in [3.05, 3.63) is 82.7 Å². The lowest BCUT2D eigenvalue weighted by Gasteiger charge is -2.36. The molecule has 3 aromatic heterocycles. The minimum absolute atomic E-state index is 0.00695. The molecule has 8 heteroatoms. The van der Waals surface area contributed by atoms with Gasteiger partial charge in [0, 0.05) is 77.6 Å². The molecule has 7 nitrogen and oxygen atoms in total. The molecule has 0 amide bonds. The number of likely N-dealkylation sites (N-methyl/N-ethyl adjacent to an activating group) is 1. The molecule has 2 N–H and O–H groups in total. The third-order valence-corrected chi connectivity index (χ3v) is 10.1. The van der Waals surface area contributed by atoms with Gasteiger partial charge >= 0.3 is 0 Å². The number of nitrogens with one attached hydrogen (secondary N) is 2. The van der Waals surface area contributed by atoms with Crippen LogP contribution in [0.5, 0.6) is 0 Å². The second-order valence-corrected chi connectivity index (χ2v) is 14.7. The number of thiazole rings is 1. The minimum atomic E-state index is 0.00695. The first-order chi connectivity index (χ1) is 22.6. The van der Waals surface area contributed by atoms with Crippen LogP contribution in [0.15, 0.2) is 66.5 Å². The van der Waals surface area contributed by atoms with Crippen molar-refractivity contribution in [2.24, 2.45) is 5.92 Å². The van der Waals surface area contributed by atoms with Crippen LogP contribution in [-0.2, 0) is 19.4 Å². The predicted molar refractivity (Wildman–Crippen MR) is 201 cm³/mol. The Bertz CT molecular complexity index is 1670. The fourth-order valence-electron chi connectivity index (χ4n) is 6.80. The van der Waals surface area contributed by atoms with Gasteiger partial charge in [-0.2, -0.15) is 0 Å². The number of aryl methyl sites for hydroxylation is 1. The Hall–Kier alpha value is -3.46. The van der Waals surface area contributed by atoms with Gasteiger partial charge in [0.1, 0.15) is 0 Å². The predicted octanol–water partition coefficient (Wildman–Crippen LogP) is 8.25. The molecule has 1 aromatic carbocycles. The van der Waals surface area contributed by atoms with Gasteiger partial charge in [0.05, 0.1) is 28.1 Å². The lowest BCUT2D eigenvalue weighted by atomic mass is 9.92. The van der Waals surface area contributed by atoms with Gasteiger partial charge < -0.3 is 19.8 Å². The van der Waals surface area contributed by atoms with Crippen molar-refractivity contribution in [2.45, 2.75) is 85.2 Å². The second-order valence-electron chi connectivity index (χ2n) is 13.8. The van der Waals surface area contributed by atoms with Crippen LogP contribution in [0.2, 0.25) is 0 Å². The van der Waals surface area contributed by atoms with Crippen LogP contribution in [0.1, 0.15) is 76.1 Å². The van der Waals surface area contributed by atoms with Gasteiger partial charge in [0.25, 0.3) is 0 Å². The number of hydrogen-bond donors (Lipinski definition) is 2. The molecular formula is C39H55N7S. The molecule has 1 fully saturated rings. The van der Waals surface area contributed by atoms with Crippen molar-refractivity contribution in [3.8, 4) is 22.5 Å². The van der Waals surface area contributed by atoms with Crippen molar-refractivity contribution >= 4 is 22.2 Å². The lowest BCUT2D eigenvalue weighted by Crippen LogP contribution is -2.48. The number of hydrazine groups is 1. The molecule has 47 heavy (non-hydrogen) atoms. The molecule has 2 atom stereocenters. The largest absolute Gasteiger partial charge is 0.379 e. The summed E-state index contributed by atoms with van der Waals surface area (Å²) in [4.78, 5) is 12.3. The number of rotatable bonds is 15. The molecule has 0 spiro atoms. The Balaban J connectivity index is 1.51. The molecule has 0 saturated carbocycles. The molecule has 1 saturated heterocycles. The highest BCUT2D eigenvalue weighted by atomic mass is 32.1. The number of benzene rings is 1. The molecule has 2 unspecified atom stereocenters. The highest BCUT2D eigenvalue weighted by molar-refractivity contribution is 7.10. The Morgan fingerprint density at radius 1 is 1.11 bits per heavy atom. The van der Waals surface area contributed by atoms with Gasteiger partial charge in [-0.15, -0.1) is 11.3 Å². The smallest absolute Gasteiger partial charge is 0.0957 e. The van der Waals surface area contributed by atoms with Gasteiger partial charge in [-0.05, 0) is 88.4 Å². The van der Waals surface area contributed by atoms with E-state index in [-0.39, 0.29) is 6.04 Å². The lowest BCUT2D eigenvalue weighted by molar-refractivity contribution is 0.188. The second kappa shape index (κ2) is 15.6. The molecule has 0 bridgehead atoms. The van der Waals surface area contributed by atoms with E-state index in [0.717, 1.165) is 73.1 Å². The van der Waals surface area contributed by atoms with Gasteiger partial charge in [-0.1, -0.05) is 46.9 Å². The van der Waals surface area contributed by atoms with Crippen molar-refractivity contribution < 1.29 is 0 Å². The molecule has 1 aliphatic heterocycles. The van der Waals surface area contributed by atoms with E-state index in [1.807, 2.05) is 6.20 Å². The Morgan fingerprint density at radius 3 is 2.60 bits per heavy atom. The van der Waals surface area contributed by atoms with Crippen LogP contribution in [-0.4, -0.2) is 64.2 Å². The van der Waals surface area contributed by atoms with E-state index in [2.05, 4.69) is 123 Å². The highest BCUT2D eigenvalue weighted by Crippen LogP contribution is 2.40. The fraction of sp³-hybridized carbons (Fsp3) is 0.487. The van der Waals surface area contributed by atoms with E-state index in [0.29, 0.717) is 11.8 Å². The molecule has 1 aliphatic rings. The third-order valence-electron chi connectivity index (χ3n) is 9.24. The van der Waals surface area contributed by atoms with Crippen LogP contribution in [0.25, 0.3) is 33.4 Å². The first-order valence-electron chi connectivity index (χ1n) is 17.4.